The maximum absolute atomic E-state index is 12.2. The van der Waals surface area contributed by atoms with Gasteiger partial charge in [0.25, 0.3) is 0 Å². The van der Waals surface area contributed by atoms with E-state index < -0.39 is 24.5 Å². The summed E-state index contributed by atoms with van der Waals surface area (Å²) < 4.78 is 36.5. The maximum Gasteiger partial charge on any atom is 0.390 e. The molecule has 0 bridgehead atoms. The summed E-state index contributed by atoms with van der Waals surface area (Å²) >= 11 is 0. The molecule has 0 aromatic rings. The lowest BCUT2D eigenvalue weighted by atomic mass is 9.96. The molecule has 22 heavy (non-hydrogen) atoms. The Balaban J connectivity index is 2.26. The first-order valence-corrected chi connectivity index (χ1v) is 7.92. The molecule has 130 valence electrons. The second-order valence-corrected chi connectivity index (χ2v) is 6.55. The van der Waals surface area contributed by atoms with E-state index >= 15 is 0 Å². The van der Waals surface area contributed by atoms with Gasteiger partial charge in [-0.05, 0) is 38.3 Å². The molecule has 1 heterocycles. The summed E-state index contributed by atoms with van der Waals surface area (Å²) in [6, 6.07) is 0.205. The Labute approximate surface area is 130 Å². The highest BCUT2D eigenvalue weighted by Gasteiger charge is 2.29. The highest BCUT2D eigenvalue weighted by atomic mass is 19.4. The minimum absolute atomic E-state index is 0.0569. The molecule has 1 aliphatic heterocycles. The summed E-state index contributed by atoms with van der Waals surface area (Å²) in [4.78, 5) is 13.0. The van der Waals surface area contributed by atoms with Gasteiger partial charge in [-0.25, -0.2) is 0 Å². The molecule has 1 fully saturated rings. The van der Waals surface area contributed by atoms with Crippen molar-refractivity contribution in [2.45, 2.75) is 51.7 Å². The monoisotopic (exact) mass is 324 g/mol. The molecular weight excluding hydrogens is 297 g/mol. The molecular formula is C15H27F3N2O2. The zero-order valence-electron chi connectivity index (χ0n) is 13.3. The number of carboxylic acid groups (broad SMARTS) is 1. The number of hydrogen-bond donors (Lipinski definition) is 2. The van der Waals surface area contributed by atoms with E-state index in [1.54, 1.807) is 0 Å². The molecule has 1 aliphatic rings. The van der Waals surface area contributed by atoms with Gasteiger partial charge >= 0.3 is 12.1 Å². The molecule has 0 spiro atoms. The highest BCUT2D eigenvalue weighted by Crippen LogP contribution is 2.21. The van der Waals surface area contributed by atoms with Crippen molar-refractivity contribution < 1.29 is 23.1 Å². The van der Waals surface area contributed by atoms with E-state index in [0.29, 0.717) is 32.0 Å². The third-order valence-corrected chi connectivity index (χ3v) is 4.06. The van der Waals surface area contributed by atoms with Crippen LogP contribution in [0.2, 0.25) is 0 Å². The molecule has 0 aromatic carbocycles. The first-order valence-electron chi connectivity index (χ1n) is 7.92. The Kier molecular flexibility index (Phi) is 7.62. The van der Waals surface area contributed by atoms with Gasteiger partial charge in [-0.3, -0.25) is 4.79 Å². The molecule has 0 aliphatic carbocycles. The van der Waals surface area contributed by atoms with Gasteiger partial charge in [0.1, 0.15) is 0 Å². The number of alkyl halides is 3. The van der Waals surface area contributed by atoms with Crippen LogP contribution in [0.25, 0.3) is 0 Å². The van der Waals surface area contributed by atoms with Gasteiger partial charge in [0.05, 0.1) is 12.3 Å². The number of nitrogens with one attached hydrogen (secondary N) is 1. The standard InChI is InChI=1S/C15H27F3N2O2/c1-11(2)9-12(14(21)22)10-19-13-3-6-20(7-4-13)8-5-15(16,17)18/h11-13,19H,3-10H2,1-2H3,(H,21,22). The first-order chi connectivity index (χ1) is 10.2. The molecule has 1 unspecified atom stereocenters. The van der Waals surface area contributed by atoms with Gasteiger partial charge in [0.2, 0.25) is 0 Å². The summed E-state index contributed by atoms with van der Waals surface area (Å²) in [5, 5.41) is 12.5. The van der Waals surface area contributed by atoms with Crippen molar-refractivity contribution in [2.75, 3.05) is 26.2 Å². The number of hydrogen-bond acceptors (Lipinski definition) is 3. The Bertz CT molecular complexity index is 340. The number of carboxylic acids is 1. The quantitative estimate of drug-likeness (QED) is 0.721. The van der Waals surface area contributed by atoms with Crippen LogP contribution in [0, 0.1) is 11.8 Å². The van der Waals surface area contributed by atoms with E-state index in [2.05, 4.69) is 5.32 Å². The maximum atomic E-state index is 12.2. The summed E-state index contributed by atoms with van der Waals surface area (Å²) in [7, 11) is 0. The van der Waals surface area contributed by atoms with E-state index in [4.69, 9.17) is 0 Å². The molecule has 0 saturated carbocycles. The van der Waals surface area contributed by atoms with Crippen LogP contribution in [0.3, 0.4) is 0 Å². The number of carbonyl (C=O) groups is 1. The van der Waals surface area contributed by atoms with E-state index in [9.17, 15) is 23.1 Å². The van der Waals surface area contributed by atoms with E-state index in [0.717, 1.165) is 12.8 Å². The normalized spacial score (nSPS) is 19.5. The van der Waals surface area contributed by atoms with Crippen molar-refractivity contribution in [1.82, 2.24) is 10.2 Å². The Morgan fingerprint density at radius 2 is 1.91 bits per heavy atom. The van der Waals surface area contributed by atoms with Crippen LogP contribution < -0.4 is 5.32 Å². The van der Waals surface area contributed by atoms with Crippen LogP contribution in [0.4, 0.5) is 13.2 Å². The lowest BCUT2D eigenvalue weighted by molar-refractivity contribution is -0.142. The van der Waals surface area contributed by atoms with Crippen LogP contribution >= 0.6 is 0 Å². The Hall–Kier alpha value is -0.820. The second-order valence-electron chi connectivity index (χ2n) is 6.55. The van der Waals surface area contributed by atoms with E-state index in [-0.39, 0.29) is 12.6 Å². The minimum atomic E-state index is -4.10. The van der Waals surface area contributed by atoms with Crippen molar-refractivity contribution in [2.24, 2.45) is 11.8 Å². The molecule has 1 atom stereocenters. The largest absolute Gasteiger partial charge is 0.481 e. The van der Waals surface area contributed by atoms with Gasteiger partial charge in [-0.1, -0.05) is 13.8 Å². The van der Waals surface area contributed by atoms with Crippen molar-refractivity contribution in [3.05, 3.63) is 0 Å². The third kappa shape index (κ3) is 7.98. The van der Waals surface area contributed by atoms with E-state index in [1.807, 2.05) is 18.7 Å². The Morgan fingerprint density at radius 1 is 1.32 bits per heavy atom. The smallest absolute Gasteiger partial charge is 0.390 e. The van der Waals surface area contributed by atoms with Gasteiger partial charge in [-0.2, -0.15) is 13.2 Å². The van der Waals surface area contributed by atoms with Gasteiger partial charge in [0.15, 0.2) is 0 Å². The molecule has 0 aromatic heterocycles. The fraction of sp³-hybridized carbons (Fsp3) is 0.933. The summed E-state index contributed by atoms with van der Waals surface area (Å²) in [6.07, 6.45) is -2.69. The topological polar surface area (TPSA) is 52.6 Å². The molecule has 2 N–H and O–H groups in total. The fourth-order valence-electron chi connectivity index (χ4n) is 2.80. The van der Waals surface area contributed by atoms with Crippen LogP contribution in [0.1, 0.15) is 39.5 Å². The zero-order valence-corrected chi connectivity index (χ0v) is 13.3. The van der Waals surface area contributed by atoms with Crippen molar-refractivity contribution in [3.8, 4) is 0 Å². The molecule has 4 nitrogen and oxygen atoms in total. The summed E-state index contributed by atoms with van der Waals surface area (Å²) in [5.41, 5.74) is 0. The number of halogens is 3. The fourth-order valence-corrected chi connectivity index (χ4v) is 2.80. The van der Waals surface area contributed by atoms with Gasteiger partial charge < -0.3 is 15.3 Å². The highest BCUT2D eigenvalue weighted by molar-refractivity contribution is 5.70. The molecule has 7 heteroatoms. The average molecular weight is 324 g/mol. The lowest BCUT2D eigenvalue weighted by Gasteiger charge is -2.33. The zero-order chi connectivity index (χ0) is 16.8. The number of likely N-dealkylation sites (tertiary alicyclic amines) is 1. The molecule has 1 saturated heterocycles. The lowest BCUT2D eigenvalue weighted by Crippen LogP contribution is -2.45. The second kappa shape index (κ2) is 8.72. The molecule has 1 rings (SSSR count). The van der Waals surface area contributed by atoms with Crippen LogP contribution in [0.5, 0.6) is 0 Å². The van der Waals surface area contributed by atoms with Crippen LogP contribution in [-0.4, -0.2) is 54.4 Å². The third-order valence-electron chi connectivity index (χ3n) is 4.06. The predicted octanol–water partition coefficient (Wildman–Crippen LogP) is 2.74. The summed E-state index contributed by atoms with van der Waals surface area (Å²) in [5.74, 6) is -0.862. The van der Waals surface area contributed by atoms with Gasteiger partial charge in [-0.15, -0.1) is 0 Å². The number of nitrogens with zero attached hydrogens (tertiary/aromatic N) is 1. The van der Waals surface area contributed by atoms with Crippen molar-refractivity contribution >= 4 is 5.97 Å². The van der Waals surface area contributed by atoms with Gasteiger partial charge in [0, 0.05) is 19.1 Å². The number of piperidine rings is 1. The first kappa shape index (κ1) is 19.2. The van der Waals surface area contributed by atoms with Crippen molar-refractivity contribution in [1.29, 1.82) is 0 Å². The van der Waals surface area contributed by atoms with E-state index in [1.165, 1.54) is 0 Å². The predicted molar refractivity (Wildman–Crippen MR) is 78.7 cm³/mol. The summed E-state index contributed by atoms with van der Waals surface area (Å²) in [6.45, 7) is 5.75. The van der Waals surface area contributed by atoms with Crippen LogP contribution in [0.15, 0.2) is 0 Å². The SMILES string of the molecule is CC(C)CC(CNC1CCN(CCC(F)(F)F)CC1)C(=O)O. The number of rotatable bonds is 8. The molecule has 0 radical (unpaired) electrons. The van der Waals surface area contributed by atoms with Crippen molar-refractivity contribution in [3.63, 3.8) is 0 Å². The number of aliphatic carboxylic acids is 1. The average Bonchev–Trinajstić information content (AvgIpc) is 2.41. The van der Waals surface area contributed by atoms with Crippen LogP contribution in [-0.2, 0) is 4.79 Å². The Morgan fingerprint density at radius 3 is 2.36 bits per heavy atom. The molecule has 0 amide bonds. The minimum Gasteiger partial charge on any atom is -0.481 e.